The van der Waals surface area contributed by atoms with Gasteiger partial charge < -0.3 is 9.47 Å². The van der Waals surface area contributed by atoms with E-state index < -0.39 is 0 Å². The molecule has 2 heteroatoms. The fraction of sp³-hybridized carbons (Fsp3) is 0.222. The first-order valence-corrected chi connectivity index (χ1v) is 6.92. The van der Waals surface area contributed by atoms with Crippen molar-refractivity contribution in [3.63, 3.8) is 0 Å². The summed E-state index contributed by atoms with van der Waals surface area (Å²) in [4.78, 5) is 0. The first-order valence-electron chi connectivity index (χ1n) is 6.92. The molecule has 2 heterocycles. The van der Waals surface area contributed by atoms with E-state index in [2.05, 4.69) is 50.2 Å². The van der Waals surface area contributed by atoms with Gasteiger partial charge in [-0.15, -0.1) is 0 Å². The second kappa shape index (κ2) is 4.14. The van der Waals surface area contributed by atoms with Crippen molar-refractivity contribution in [1.29, 1.82) is 0 Å². The summed E-state index contributed by atoms with van der Waals surface area (Å²) in [5, 5.41) is 0. The Balaban J connectivity index is 1.91. The number of rotatable bonds is 0. The molecule has 0 unspecified atom stereocenters. The molecule has 0 fully saturated rings. The van der Waals surface area contributed by atoms with Crippen LogP contribution in [0, 0.1) is 13.8 Å². The maximum absolute atomic E-state index is 5.95. The summed E-state index contributed by atoms with van der Waals surface area (Å²) in [5.74, 6) is 1.95. The number of benzene rings is 2. The van der Waals surface area contributed by atoms with Crippen LogP contribution in [-0.4, -0.2) is 13.2 Å². The minimum Gasteiger partial charge on any atom is -0.488 e. The van der Waals surface area contributed by atoms with Crippen LogP contribution in [0.3, 0.4) is 0 Å². The van der Waals surface area contributed by atoms with Gasteiger partial charge in [0.2, 0.25) is 0 Å². The zero-order chi connectivity index (χ0) is 13.7. The van der Waals surface area contributed by atoms with Crippen molar-refractivity contribution >= 4 is 11.1 Å². The van der Waals surface area contributed by atoms with E-state index in [4.69, 9.17) is 9.47 Å². The van der Waals surface area contributed by atoms with Gasteiger partial charge in [0.25, 0.3) is 0 Å². The molecule has 0 radical (unpaired) electrons. The van der Waals surface area contributed by atoms with Gasteiger partial charge in [0.1, 0.15) is 24.7 Å². The second-order valence-corrected chi connectivity index (χ2v) is 5.53. The maximum atomic E-state index is 5.95. The summed E-state index contributed by atoms with van der Waals surface area (Å²) < 4.78 is 11.9. The lowest BCUT2D eigenvalue weighted by Gasteiger charge is -2.29. The topological polar surface area (TPSA) is 18.5 Å². The van der Waals surface area contributed by atoms with E-state index in [-0.39, 0.29) is 0 Å². The zero-order valence-corrected chi connectivity index (χ0v) is 11.7. The molecule has 2 aliphatic heterocycles. The molecule has 0 spiro atoms. The molecule has 20 heavy (non-hydrogen) atoms. The van der Waals surface area contributed by atoms with Gasteiger partial charge in [-0.05, 0) is 37.1 Å². The van der Waals surface area contributed by atoms with Crippen molar-refractivity contribution in [1.82, 2.24) is 0 Å². The smallest absolute Gasteiger partial charge is 0.127 e. The minimum atomic E-state index is 0.630. The van der Waals surface area contributed by atoms with Crippen LogP contribution < -0.4 is 9.47 Å². The molecule has 2 aromatic carbocycles. The third-order valence-corrected chi connectivity index (χ3v) is 4.03. The molecule has 0 N–H and O–H groups in total. The van der Waals surface area contributed by atoms with Crippen LogP contribution in [0.1, 0.15) is 22.3 Å². The predicted molar refractivity (Wildman–Crippen MR) is 80.2 cm³/mol. The Morgan fingerprint density at radius 3 is 1.60 bits per heavy atom. The Labute approximate surface area is 118 Å². The average Bonchev–Trinajstić information content (AvgIpc) is 2.45. The normalized spacial score (nSPS) is 15.7. The molecule has 2 nitrogen and oxygen atoms in total. The monoisotopic (exact) mass is 264 g/mol. The standard InChI is InChI=1S/C18H16O2/c1-11-3-5-13-15-10-20-18-8-12(2)4-6-14(18)16(15)9-19-17(13)7-11/h3-8H,9-10H2,1-2H3. The van der Waals surface area contributed by atoms with E-state index in [1.54, 1.807) is 0 Å². The van der Waals surface area contributed by atoms with Gasteiger partial charge in [-0.2, -0.15) is 0 Å². The molecule has 2 aromatic rings. The van der Waals surface area contributed by atoms with Crippen molar-refractivity contribution in [2.45, 2.75) is 13.8 Å². The van der Waals surface area contributed by atoms with Crippen LogP contribution in [0.2, 0.25) is 0 Å². The summed E-state index contributed by atoms with van der Waals surface area (Å²) in [5.41, 5.74) is 7.32. The van der Waals surface area contributed by atoms with Gasteiger partial charge in [0.05, 0.1) is 0 Å². The summed E-state index contributed by atoms with van der Waals surface area (Å²) in [6.45, 7) is 5.43. The molecular weight excluding hydrogens is 248 g/mol. The minimum absolute atomic E-state index is 0.630. The van der Waals surface area contributed by atoms with Crippen molar-refractivity contribution < 1.29 is 9.47 Å². The first kappa shape index (κ1) is 11.6. The molecule has 0 saturated carbocycles. The van der Waals surface area contributed by atoms with Gasteiger partial charge >= 0.3 is 0 Å². The fourth-order valence-corrected chi connectivity index (χ4v) is 2.95. The lowest BCUT2D eigenvalue weighted by atomic mass is 9.90. The van der Waals surface area contributed by atoms with Crippen LogP contribution >= 0.6 is 0 Å². The molecule has 0 atom stereocenters. The van der Waals surface area contributed by atoms with Gasteiger partial charge in [-0.25, -0.2) is 0 Å². The highest BCUT2D eigenvalue weighted by atomic mass is 16.5. The zero-order valence-electron chi connectivity index (χ0n) is 11.7. The largest absolute Gasteiger partial charge is 0.488 e. The summed E-state index contributed by atoms with van der Waals surface area (Å²) in [7, 11) is 0. The molecule has 0 amide bonds. The van der Waals surface area contributed by atoms with Crippen LogP contribution in [-0.2, 0) is 0 Å². The predicted octanol–water partition coefficient (Wildman–Crippen LogP) is 4.00. The lowest BCUT2D eigenvalue weighted by Crippen LogP contribution is -2.19. The molecule has 2 aliphatic rings. The number of ether oxygens (including phenoxy) is 2. The summed E-state index contributed by atoms with van der Waals surface area (Å²) in [6, 6.07) is 12.7. The Hall–Kier alpha value is -2.22. The van der Waals surface area contributed by atoms with Crippen LogP contribution in [0.5, 0.6) is 11.5 Å². The van der Waals surface area contributed by atoms with E-state index in [1.807, 2.05) is 0 Å². The quantitative estimate of drug-likeness (QED) is 0.716. The average molecular weight is 264 g/mol. The Kier molecular flexibility index (Phi) is 2.40. The van der Waals surface area contributed by atoms with Crippen molar-refractivity contribution in [3.8, 4) is 11.5 Å². The highest BCUT2D eigenvalue weighted by molar-refractivity contribution is 5.97. The summed E-state index contributed by atoms with van der Waals surface area (Å²) >= 11 is 0. The van der Waals surface area contributed by atoms with E-state index >= 15 is 0 Å². The second-order valence-electron chi connectivity index (χ2n) is 5.53. The van der Waals surface area contributed by atoms with Crippen molar-refractivity contribution in [3.05, 3.63) is 58.7 Å². The van der Waals surface area contributed by atoms with E-state index in [9.17, 15) is 0 Å². The van der Waals surface area contributed by atoms with Gasteiger partial charge in [0.15, 0.2) is 0 Å². The number of hydrogen-bond donors (Lipinski definition) is 0. The Morgan fingerprint density at radius 2 is 1.15 bits per heavy atom. The molecule has 0 bridgehead atoms. The Morgan fingerprint density at radius 1 is 0.700 bits per heavy atom. The van der Waals surface area contributed by atoms with Gasteiger partial charge in [-0.3, -0.25) is 0 Å². The highest BCUT2D eigenvalue weighted by Gasteiger charge is 2.27. The maximum Gasteiger partial charge on any atom is 0.127 e. The van der Waals surface area contributed by atoms with Gasteiger partial charge in [0, 0.05) is 22.3 Å². The van der Waals surface area contributed by atoms with Crippen molar-refractivity contribution in [2.24, 2.45) is 0 Å². The third-order valence-electron chi connectivity index (χ3n) is 4.03. The van der Waals surface area contributed by atoms with Crippen LogP contribution in [0.25, 0.3) is 11.1 Å². The SMILES string of the molecule is Cc1ccc2c(c1)OCC1=C2COc2cc(C)ccc21. The van der Waals surface area contributed by atoms with Crippen LogP contribution in [0.15, 0.2) is 36.4 Å². The lowest BCUT2D eigenvalue weighted by molar-refractivity contribution is 0.337. The summed E-state index contributed by atoms with van der Waals surface area (Å²) in [6.07, 6.45) is 0. The van der Waals surface area contributed by atoms with E-state index in [0.29, 0.717) is 13.2 Å². The van der Waals surface area contributed by atoms with Crippen molar-refractivity contribution in [2.75, 3.05) is 13.2 Å². The molecule has 0 saturated heterocycles. The van der Waals surface area contributed by atoms with E-state index in [0.717, 1.165) is 11.5 Å². The van der Waals surface area contributed by atoms with E-state index in [1.165, 1.54) is 33.4 Å². The molecule has 0 aromatic heterocycles. The number of aryl methyl sites for hydroxylation is 2. The van der Waals surface area contributed by atoms with Gasteiger partial charge in [-0.1, -0.05) is 24.3 Å². The molecule has 4 rings (SSSR count). The number of fused-ring (bicyclic) bond motifs is 4. The molecular formula is C18H16O2. The third kappa shape index (κ3) is 1.64. The fourth-order valence-electron chi connectivity index (χ4n) is 2.95. The van der Waals surface area contributed by atoms with Crippen LogP contribution in [0.4, 0.5) is 0 Å². The Bertz CT molecular complexity index is 678. The highest BCUT2D eigenvalue weighted by Crippen LogP contribution is 2.43. The first-order chi connectivity index (χ1) is 9.72. The molecule has 0 aliphatic carbocycles. The molecule has 100 valence electrons. The number of hydrogen-bond acceptors (Lipinski definition) is 2.